The molecule has 1 saturated heterocycles. The second kappa shape index (κ2) is 8.55. The van der Waals surface area contributed by atoms with Crippen LogP contribution in [0.15, 0.2) is 53.5 Å². The minimum absolute atomic E-state index is 0.0934. The van der Waals surface area contributed by atoms with Crippen LogP contribution >= 0.6 is 0 Å². The zero-order valence-corrected chi connectivity index (χ0v) is 17.0. The molecule has 31 heavy (non-hydrogen) atoms. The van der Waals surface area contributed by atoms with Crippen molar-refractivity contribution in [3.8, 4) is 0 Å². The number of amides is 2. The van der Waals surface area contributed by atoms with Gasteiger partial charge in [-0.25, -0.2) is 4.39 Å². The van der Waals surface area contributed by atoms with Gasteiger partial charge in [-0.3, -0.25) is 19.5 Å². The number of rotatable bonds is 4. The Balaban J connectivity index is 1.38. The van der Waals surface area contributed by atoms with Gasteiger partial charge in [0.25, 0.3) is 17.4 Å². The van der Waals surface area contributed by atoms with E-state index in [1.54, 1.807) is 48.5 Å². The number of nitrogens with zero attached hydrogens (tertiary/aromatic N) is 3. The number of carbonyl (C=O) groups excluding carboxylic acids is 2. The van der Waals surface area contributed by atoms with Crippen molar-refractivity contribution >= 4 is 17.5 Å². The molecule has 0 unspecified atom stereocenters. The molecule has 9 heteroatoms. The smallest absolute Gasteiger partial charge is 0.276 e. The van der Waals surface area contributed by atoms with Crippen molar-refractivity contribution in [3.05, 3.63) is 81.8 Å². The molecule has 2 N–H and O–H groups in total. The zero-order chi connectivity index (χ0) is 22.0. The number of likely N-dealkylation sites (tertiary alicyclic amines) is 1. The largest absolute Gasteiger partial charge is 0.338 e. The van der Waals surface area contributed by atoms with E-state index in [4.69, 9.17) is 0 Å². The normalized spacial score (nSPS) is 14.5. The average molecular weight is 423 g/mol. The summed E-state index contributed by atoms with van der Waals surface area (Å²) in [6.07, 6.45) is 2.97. The van der Waals surface area contributed by atoms with E-state index in [1.165, 1.54) is 16.7 Å². The average Bonchev–Trinajstić information content (AvgIpc) is 3.27. The van der Waals surface area contributed by atoms with E-state index >= 15 is 0 Å². The standard InChI is InChI=1S/C22H22FN5O3/c1-27-10-4-5-15(21(27)30)22(31)28-11-8-14(9-12-28)18-13-19(26-25-18)20(29)24-17-7-3-2-6-16(17)23/h2-7,10,13-14H,8-9,11-12H2,1H3,(H,24,29)(H,25,26). The number of piperidine rings is 1. The van der Waals surface area contributed by atoms with Crippen LogP contribution in [-0.4, -0.2) is 44.6 Å². The van der Waals surface area contributed by atoms with Gasteiger partial charge in [0.2, 0.25) is 0 Å². The highest BCUT2D eigenvalue weighted by Crippen LogP contribution is 2.28. The lowest BCUT2D eigenvalue weighted by molar-refractivity contribution is 0.0709. The van der Waals surface area contributed by atoms with Gasteiger partial charge in [-0.15, -0.1) is 0 Å². The summed E-state index contributed by atoms with van der Waals surface area (Å²) in [7, 11) is 1.61. The predicted octanol–water partition coefficient (Wildman–Crippen LogP) is 2.52. The topological polar surface area (TPSA) is 100 Å². The van der Waals surface area contributed by atoms with Gasteiger partial charge in [-0.05, 0) is 43.2 Å². The van der Waals surface area contributed by atoms with Gasteiger partial charge in [-0.2, -0.15) is 5.10 Å². The van der Waals surface area contributed by atoms with Crippen LogP contribution in [-0.2, 0) is 7.05 Å². The van der Waals surface area contributed by atoms with Gasteiger partial charge >= 0.3 is 0 Å². The number of anilines is 1. The Bertz CT molecular complexity index is 1180. The van der Waals surface area contributed by atoms with Crippen LogP contribution in [0.25, 0.3) is 0 Å². The molecule has 0 radical (unpaired) electrons. The number of halogens is 1. The maximum atomic E-state index is 13.7. The summed E-state index contributed by atoms with van der Waals surface area (Å²) in [5, 5.41) is 9.46. The Morgan fingerprint density at radius 3 is 2.65 bits per heavy atom. The van der Waals surface area contributed by atoms with E-state index in [9.17, 15) is 18.8 Å². The summed E-state index contributed by atoms with van der Waals surface area (Å²) in [5.74, 6) is -1.18. The van der Waals surface area contributed by atoms with Gasteiger partial charge in [0.15, 0.2) is 5.69 Å². The minimum Gasteiger partial charge on any atom is -0.338 e. The van der Waals surface area contributed by atoms with Crippen molar-refractivity contribution in [2.24, 2.45) is 7.05 Å². The first-order valence-corrected chi connectivity index (χ1v) is 10.00. The summed E-state index contributed by atoms with van der Waals surface area (Å²) in [4.78, 5) is 39.0. The Hall–Kier alpha value is -3.75. The first kappa shape index (κ1) is 20.5. The highest BCUT2D eigenvalue weighted by Gasteiger charge is 2.27. The summed E-state index contributed by atoms with van der Waals surface area (Å²) in [6.45, 7) is 0.995. The molecule has 3 heterocycles. The molecule has 8 nitrogen and oxygen atoms in total. The molecule has 1 aromatic carbocycles. The highest BCUT2D eigenvalue weighted by molar-refractivity contribution is 6.03. The fraction of sp³-hybridized carbons (Fsp3) is 0.273. The van der Waals surface area contributed by atoms with Crippen molar-refractivity contribution < 1.29 is 14.0 Å². The molecule has 2 aromatic heterocycles. The van der Waals surface area contributed by atoms with Crippen molar-refractivity contribution in [2.75, 3.05) is 18.4 Å². The number of hydrogen-bond acceptors (Lipinski definition) is 4. The summed E-state index contributed by atoms with van der Waals surface area (Å²) >= 11 is 0. The van der Waals surface area contributed by atoms with Crippen molar-refractivity contribution in [1.82, 2.24) is 19.7 Å². The van der Waals surface area contributed by atoms with Gasteiger partial charge in [0, 0.05) is 37.9 Å². The molecule has 3 aromatic rings. The molecule has 1 aliphatic heterocycles. The second-order valence-electron chi connectivity index (χ2n) is 7.55. The molecular formula is C22H22FN5O3. The van der Waals surface area contributed by atoms with E-state index in [-0.39, 0.29) is 34.3 Å². The number of benzene rings is 1. The summed E-state index contributed by atoms with van der Waals surface area (Å²) in [6, 6.07) is 10.8. The van der Waals surface area contributed by atoms with E-state index in [0.29, 0.717) is 25.9 Å². The number of carbonyl (C=O) groups is 2. The first-order chi connectivity index (χ1) is 14.9. The molecule has 0 saturated carbocycles. The molecule has 1 aliphatic rings. The molecule has 160 valence electrons. The van der Waals surface area contributed by atoms with Gasteiger partial charge < -0.3 is 14.8 Å². The number of H-pyrrole nitrogens is 1. The van der Waals surface area contributed by atoms with Crippen LogP contribution in [0.5, 0.6) is 0 Å². The van der Waals surface area contributed by atoms with E-state index in [0.717, 1.165) is 5.69 Å². The Kier molecular flexibility index (Phi) is 5.66. The Morgan fingerprint density at radius 2 is 1.90 bits per heavy atom. The SMILES string of the molecule is Cn1cccc(C(=O)N2CCC(c3cc(C(=O)Nc4ccccc4F)n[nH]3)CC2)c1=O. The highest BCUT2D eigenvalue weighted by atomic mass is 19.1. The van der Waals surface area contributed by atoms with Crippen LogP contribution in [0.3, 0.4) is 0 Å². The Morgan fingerprint density at radius 1 is 1.16 bits per heavy atom. The third-order valence-electron chi connectivity index (χ3n) is 5.53. The number of aromatic nitrogens is 3. The minimum atomic E-state index is -0.517. The number of aryl methyl sites for hydroxylation is 1. The lowest BCUT2D eigenvalue weighted by Gasteiger charge is -2.31. The van der Waals surface area contributed by atoms with Crippen LogP contribution in [0, 0.1) is 5.82 Å². The van der Waals surface area contributed by atoms with Crippen LogP contribution in [0.4, 0.5) is 10.1 Å². The maximum Gasteiger partial charge on any atom is 0.276 e. The van der Waals surface area contributed by atoms with Crippen molar-refractivity contribution in [3.63, 3.8) is 0 Å². The summed E-state index contributed by atoms with van der Waals surface area (Å²) < 4.78 is 15.1. The lowest BCUT2D eigenvalue weighted by Crippen LogP contribution is -2.40. The number of pyridine rings is 1. The maximum absolute atomic E-state index is 13.7. The third kappa shape index (κ3) is 4.25. The fourth-order valence-electron chi connectivity index (χ4n) is 3.74. The van der Waals surface area contributed by atoms with Crippen LogP contribution in [0.2, 0.25) is 0 Å². The number of hydrogen-bond donors (Lipinski definition) is 2. The van der Waals surface area contributed by atoms with E-state index in [2.05, 4.69) is 15.5 Å². The quantitative estimate of drug-likeness (QED) is 0.673. The number of para-hydroxylation sites is 1. The predicted molar refractivity (Wildman–Crippen MR) is 113 cm³/mol. The Labute approximate surface area is 177 Å². The van der Waals surface area contributed by atoms with Gasteiger partial charge in [-0.1, -0.05) is 12.1 Å². The van der Waals surface area contributed by atoms with Gasteiger partial charge in [0.1, 0.15) is 11.4 Å². The fourth-order valence-corrected chi connectivity index (χ4v) is 3.74. The summed E-state index contributed by atoms with van der Waals surface area (Å²) in [5.41, 5.74) is 0.910. The molecule has 4 rings (SSSR count). The van der Waals surface area contributed by atoms with E-state index in [1.807, 2.05) is 0 Å². The number of aromatic amines is 1. The van der Waals surface area contributed by atoms with Crippen molar-refractivity contribution in [1.29, 1.82) is 0 Å². The number of nitrogens with one attached hydrogen (secondary N) is 2. The zero-order valence-electron chi connectivity index (χ0n) is 17.0. The monoisotopic (exact) mass is 423 g/mol. The molecule has 1 fully saturated rings. The molecule has 0 bridgehead atoms. The third-order valence-corrected chi connectivity index (χ3v) is 5.53. The molecule has 0 aliphatic carbocycles. The molecule has 0 spiro atoms. The van der Waals surface area contributed by atoms with Gasteiger partial charge in [0.05, 0.1) is 5.69 Å². The lowest BCUT2D eigenvalue weighted by atomic mass is 9.93. The van der Waals surface area contributed by atoms with Crippen molar-refractivity contribution in [2.45, 2.75) is 18.8 Å². The molecular weight excluding hydrogens is 401 g/mol. The van der Waals surface area contributed by atoms with Crippen LogP contribution < -0.4 is 10.9 Å². The van der Waals surface area contributed by atoms with Crippen LogP contribution in [0.1, 0.15) is 45.3 Å². The second-order valence-corrected chi connectivity index (χ2v) is 7.55. The molecule has 2 amide bonds. The molecule has 0 atom stereocenters. The first-order valence-electron chi connectivity index (χ1n) is 10.00. The van der Waals surface area contributed by atoms with E-state index < -0.39 is 11.7 Å².